The summed E-state index contributed by atoms with van der Waals surface area (Å²) < 4.78 is 10.8. The zero-order chi connectivity index (χ0) is 6.27. The van der Waals surface area contributed by atoms with E-state index in [0.29, 0.717) is 11.4 Å². The predicted molar refractivity (Wildman–Crippen MR) is 36.5 cm³/mol. The number of rotatable bonds is 0. The summed E-state index contributed by atoms with van der Waals surface area (Å²) in [7, 11) is 0. The molecule has 2 bridgehead atoms. The maximum absolute atomic E-state index is 5.47. The Balaban J connectivity index is 2.05. The van der Waals surface area contributed by atoms with E-state index in [1.165, 1.54) is 0 Å². The molecule has 0 amide bonds. The van der Waals surface area contributed by atoms with Crippen molar-refractivity contribution in [3.63, 3.8) is 0 Å². The second-order valence-corrected chi connectivity index (χ2v) is 3.91. The quantitative estimate of drug-likeness (QED) is 0.505. The van der Waals surface area contributed by atoms with Crippen LogP contribution in [0.1, 0.15) is 6.92 Å². The van der Waals surface area contributed by atoms with Gasteiger partial charge in [0.2, 0.25) is 0 Å². The molecule has 0 spiro atoms. The van der Waals surface area contributed by atoms with E-state index in [1.54, 1.807) is 0 Å². The third-order valence-electron chi connectivity index (χ3n) is 1.70. The zero-order valence-corrected chi connectivity index (χ0v) is 6.19. The smallest absolute Gasteiger partial charge is 0.169 e. The number of hydrogen-bond acceptors (Lipinski definition) is 3. The molecule has 52 valence electrons. The van der Waals surface area contributed by atoms with Gasteiger partial charge in [-0.1, -0.05) is 0 Å². The first-order chi connectivity index (χ1) is 4.36. The Hall–Kier alpha value is 0.270. The van der Waals surface area contributed by atoms with Crippen LogP contribution in [0.4, 0.5) is 0 Å². The monoisotopic (exact) mass is 146 g/mol. The molecule has 2 saturated heterocycles. The van der Waals surface area contributed by atoms with Crippen LogP contribution in [-0.4, -0.2) is 30.0 Å². The largest absolute Gasteiger partial charge is 0.349 e. The highest BCUT2D eigenvalue weighted by Crippen LogP contribution is 2.31. The SMILES string of the molecule is CC1SCC2COC1O2. The van der Waals surface area contributed by atoms with Gasteiger partial charge in [0.1, 0.15) is 0 Å². The molecule has 0 aromatic carbocycles. The van der Waals surface area contributed by atoms with Crippen molar-refractivity contribution in [3.05, 3.63) is 0 Å². The molecular formula is C6H10O2S. The number of fused-ring (bicyclic) bond motifs is 2. The fourth-order valence-electron chi connectivity index (χ4n) is 1.14. The van der Waals surface area contributed by atoms with Crippen molar-refractivity contribution in [1.82, 2.24) is 0 Å². The molecule has 2 rings (SSSR count). The molecule has 0 N–H and O–H groups in total. The number of ether oxygens (including phenoxy) is 2. The molecular weight excluding hydrogens is 136 g/mol. The van der Waals surface area contributed by atoms with Crippen LogP contribution >= 0.6 is 11.8 Å². The van der Waals surface area contributed by atoms with Gasteiger partial charge in [-0.05, 0) is 6.92 Å². The van der Waals surface area contributed by atoms with E-state index in [1.807, 2.05) is 11.8 Å². The average molecular weight is 146 g/mol. The molecule has 3 heteroatoms. The first-order valence-electron chi connectivity index (χ1n) is 3.25. The second-order valence-electron chi connectivity index (χ2n) is 2.50. The van der Waals surface area contributed by atoms with E-state index < -0.39 is 0 Å². The minimum Gasteiger partial charge on any atom is -0.349 e. The first kappa shape index (κ1) is 6.01. The third-order valence-corrected chi connectivity index (χ3v) is 3.01. The van der Waals surface area contributed by atoms with Crippen LogP contribution in [-0.2, 0) is 9.47 Å². The molecule has 3 atom stereocenters. The van der Waals surface area contributed by atoms with Crippen LogP contribution in [0.2, 0.25) is 0 Å². The lowest BCUT2D eigenvalue weighted by Gasteiger charge is -2.23. The topological polar surface area (TPSA) is 18.5 Å². The molecule has 2 heterocycles. The van der Waals surface area contributed by atoms with Gasteiger partial charge >= 0.3 is 0 Å². The lowest BCUT2D eigenvalue weighted by Crippen LogP contribution is -2.29. The van der Waals surface area contributed by atoms with Crippen LogP contribution in [0.5, 0.6) is 0 Å². The van der Waals surface area contributed by atoms with E-state index in [9.17, 15) is 0 Å². The van der Waals surface area contributed by atoms with Crippen molar-refractivity contribution in [2.24, 2.45) is 0 Å². The van der Waals surface area contributed by atoms with Gasteiger partial charge in [0.25, 0.3) is 0 Å². The zero-order valence-electron chi connectivity index (χ0n) is 5.37. The Bertz CT molecular complexity index is 118. The summed E-state index contributed by atoms with van der Waals surface area (Å²) in [5.74, 6) is 1.11. The fourth-order valence-corrected chi connectivity index (χ4v) is 2.13. The standard InChI is InChI=1S/C6H10O2S/c1-4-6-7-2-5(8-6)3-9-4/h4-6H,2-3H2,1H3. The van der Waals surface area contributed by atoms with Gasteiger partial charge in [-0.25, -0.2) is 0 Å². The molecule has 3 unspecified atom stereocenters. The third kappa shape index (κ3) is 0.974. The van der Waals surface area contributed by atoms with Crippen molar-refractivity contribution in [2.75, 3.05) is 12.4 Å². The van der Waals surface area contributed by atoms with Crippen LogP contribution < -0.4 is 0 Å². The van der Waals surface area contributed by atoms with Gasteiger partial charge in [0.15, 0.2) is 6.29 Å². The molecule has 2 aliphatic heterocycles. The molecule has 0 saturated carbocycles. The molecule has 0 aromatic rings. The summed E-state index contributed by atoms with van der Waals surface area (Å²) in [5.41, 5.74) is 0. The summed E-state index contributed by atoms with van der Waals surface area (Å²) in [5, 5.41) is 0.531. The minimum absolute atomic E-state index is 0.0914. The molecule has 2 aliphatic rings. The van der Waals surface area contributed by atoms with Crippen LogP contribution in [0.3, 0.4) is 0 Å². The summed E-state index contributed by atoms with van der Waals surface area (Å²) in [6.07, 6.45) is 0.477. The van der Waals surface area contributed by atoms with Gasteiger partial charge in [0.05, 0.1) is 18.0 Å². The molecule has 0 aliphatic carbocycles. The van der Waals surface area contributed by atoms with Crippen molar-refractivity contribution >= 4 is 11.8 Å². The second kappa shape index (κ2) is 2.15. The van der Waals surface area contributed by atoms with Gasteiger partial charge in [-0.15, -0.1) is 0 Å². The first-order valence-corrected chi connectivity index (χ1v) is 4.30. The van der Waals surface area contributed by atoms with E-state index in [4.69, 9.17) is 9.47 Å². The van der Waals surface area contributed by atoms with E-state index in [2.05, 4.69) is 6.92 Å². The lowest BCUT2D eigenvalue weighted by atomic mass is 10.4. The average Bonchev–Trinajstić information content (AvgIpc) is 2.25. The molecule has 2 fully saturated rings. The normalized spacial score (nSPS) is 49.7. The summed E-state index contributed by atoms with van der Waals surface area (Å²) in [6.45, 7) is 2.96. The van der Waals surface area contributed by atoms with Crippen LogP contribution in [0.15, 0.2) is 0 Å². The molecule has 2 nitrogen and oxygen atoms in total. The number of thioether (sulfide) groups is 1. The van der Waals surface area contributed by atoms with Gasteiger partial charge in [-0.3, -0.25) is 0 Å². The molecule has 9 heavy (non-hydrogen) atoms. The summed E-state index contributed by atoms with van der Waals surface area (Å²) in [4.78, 5) is 0. The highest BCUT2D eigenvalue weighted by molar-refractivity contribution is 8.00. The van der Waals surface area contributed by atoms with Crippen LogP contribution in [0, 0.1) is 0 Å². The van der Waals surface area contributed by atoms with E-state index >= 15 is 0 Å². The van der Waals surface area contributed by atoms with Gasteiger partial charge in [0, 0.05) is 5.75 Å². The Morgan fingerprint density at radius 1 is 1.56 bits per heavy atom. The van der Waals surface area contributed by atoms with Crippen molar-refractivity contribution in [3.8, 4) is 0 Å². The van der Waals surface area contributed by atoms with Crippen molar-refractivity contribution < 1.29 is 9.47 Å². The Morgan fingerprint density at radius 2 is 2.44 bits per heavy atom. The molecule has 0 aromatic heterocycles. The Morgan fingerprint density at radius 3 is 3.22 bits per heavy atom. The van der Waals surface area contributed by atoms with Crippen molar-refractivity contribution in [2.45, 2.75) is 24.6 Å². The van der Waals surface area contributed by atoms with Crippen LogP contribution in [0.25, 0.3) is 0 Å². The predicted octanol–water partition coefficient (Wildman–Crippen LogP) is 0.863. The highest BCUT2D eigenvalue weighted by atomic mass is 32.2. The maximum atomic E-state index is 5.47. The van der Waals surface area contributed by atoms with Gasteiger partial charge in [-0.2, -0.15) is 11.8 Å². The Labute approximate surface area is 58.9 Å². The fraction of sp³-hybridized carbons (Fsp3) is 1.00. The lowest BCUT2D eigenvalue weighted by molar-refractivity contribution is -0.0550. The molecule has 0 radical (unpaired) electrons. The van der Waals surface area contributed by atoms with E-state index in [-0.39, 0.29) is 6.29 Å². The van der Waals surface area contributed by atoms with Gasteiger partial charge < -0.3 is 9.47 Å². The van der Waals surface area contributed by atoms with E-state index in [0.717, 1.165) is 12.4 Å². The maximum Gasteiger partial charge on any atom is 0.169 e. The highest BCUT2D eigenvalue weighted by Gasteiger charge is 2.35. The summed E-state index contributed by atoms with van der Waals surface area (Å²) in [6, 6.07) is 0. The Kier molecular flexibility index (Phi) is 1.43. The minimum atomic E-state index is 0.0914. The number of hydrogen-bond donors (Lipinski definition) is 0. The van der Waals surface area contributed by atoms with Crippen molar-refractivity contribution in [1.29, 1.82) is 0 Å². The summed E-state index contributed by atoms with van der Waals surface area (Å²) >= 11 is 1.95.